The monoisotopic (exact) mass is 371 g/mol. The van der Waals surface area contributed by atoms with E-state index in [1.165, 1.54) is 70.6 Å². The summed E-state index contributed by atoms with van der Waals surface area (Å²) in [6, 6.07) is 0. The second-order valence-corrected chi connectivity index (χ2v) is 8.65. The number of aliphatic hydroxyl groups excluding tert-OH is 1. The molecule has 0 fully saturated rings. The van der Waals surface area contributed by atoms with E-state index >= 15 is 0 Å². The molecule has 0 rings (SSSR count). The van der Waals surface area contributed by atoms with Crippen molar-refractivity contribution in [2.75, 3.05) is 13.2 Å². The van der Waals surface area contributed by atoms with E-state index in [1.807, 2.05) is 0 Å². The summed E-state index contributed by atoms with van der Waals surface area (Å²) < 4.78 is 5.09. The van der Waals surface area contributed by atoms with Crippen LogP contribution in [0, 0.1) is 5.92 Å². The maximum absolute atomic E-state index is 11.6. The van der Waals surface area contributed by atoms with Crippen molar-refractivity contribution in [3.05, 3.63) is 0 Å². The lowest BCUT2D eigenvalue weighted by molar-refractivity contribution is -0.145. The van der Waals surface area contributed by atoms with E-state index in [0.29, 0.717) is 6.42 Å². The second kappa shape index (κ2) is 16.6. The molecule has 156 valence electrons. The number of hydrogen-bond acceptors (Lipinski definition) is 4. The number of hydrogen-bond donors (Lipinski definition) is 2. The van der Waals surface area contributed by atoms with Gasteiger partial charge in [-0.1, -0.05) is 90.9 Å². The lowest BCUT2D eigenvalue weighted by Gasteiger charge is -2.20. The molecule has 3 N–H and O–H groups in total. The van der Waals surface area contributed by atoms with Crippen LogP contribution in [0.1, 0.15) is 111 Å². The Balaban J connectivity index is 3.23. The average molecular weight is 372 g/mol. The van der Waals surface area contributed by atoms with Crippen molar-refractivity contribution in [1.29, 1.82) is 0 Å². The summed E-state index contributed by atoms with van der Waals surface area (Å²) in [5.41, 5.74) is 4.89. The highest BCUT2D eigenvalue weighted by Crippen LogP contribution is 2.14. The fourth-order valence-corrected chi connectivity index (χ4v) is 2.95. The number of ether oxygens (including phenoxy) is 1. The zero-order valence-corrected chi connectivity index (χ0v) is 17.7. The highest BCUT2D eigenvalue weighted by atomic mass is 16.5. The van der Waals surface area contributed by atoms with Gasteiger partial charge >= 0.3 is 5.97 Å². The highest BCUT2D eigenvalue weighted by Gasteiger charge is 2.19. The SMILES string of the molecule is CC(C)CCCCCCCCCCCCCCC(=O)OCC(C)(N)CO. The topological polar surface area (TPSA) is 72.5 Å². The minimum atomic E-state index is -0.830. The number of carbonyl (C=O) groups excluding carboxylic acids is 1. The number of nitrogens with two attached hydrogens (primary N) is 1. The van der Waals surface area contributed by atoms with Crippen LogP contribution >= 0.6 is 0 Å². The summed E-state index contributed by atoms with van der Waals surface area (Å²) >= 11 is 0. The molecule has 0 aromatic heterocycles. The molecule has 0 bridgehead atoms. The molecule has 0 amide bonds. The molecule has 0 saturated carbocycles. The first-order chi connectivity index (χ1) is 12.4. The summed E-state index contributed by atoms with van der Waals surface area (Å²) in [5, 5.41) is 9.01. The number of unbranched alkanes of at least 4 members (excludes halogenated alkanes) is 11. The molecule has 0 aromatic rings. The Kier molecular flexibility index (Phi) is 16.2. The van der Waals surface area contributed by atoms with Crippen LogP contribution in [0.15, 0.2) is 0 Å². The molecule has 0 aromatic carbocycles. The summed E-state index contributed by atoms with van der Waals surface area (Å²) in [5.74, 6) is 0.650. The maximum Gasteiger partial charge on any atom is 0.305 e. The molecule has 4 heteroatoms. The van der Waals surface area contributed by atoms with Gasteiger partial charge in [-0.05, 0) is 19.3 Å². The van der Waals surface area contributed by atoms with Gasteiger partial charge in [0.05, 0.1) is 12.1 Å². The van der Waals surface area contributed by atoms with E-state index < -0.39 is 5.54 Å². The third-order valence-corrected chi connectivity index (χ3v) is 4.84. The molecule has 0 radical (unpaired) electrons. The average Bonchev–Trinajstić information content (AvgIpc) is 2.60. The Bertz CT molecular complexity index is 329. The molecule has 1 unspecified atom stereocenters. The third-order valence-electron chi connectivity index (χ3n) is 4.84. The Morgan fingerprint density at radius 2 is 1.31 bits per heavy atom. The van der Waals surface area contributed by atoms with E-state index in [-0.39, 0.29) is 19.2 Å². The van der Waals surface area contributed by atoms with Crippen LogP contribution in [0.3, 0.4) is 0 Å². The van der Waals surface area contributed by atoms with Crippen LogP contribution in [0.5, 0.6) is 0 Å². The van der Waals surface area contributed by atoms with Crippen molar-refractivity contribution in [2.45, 2.75) is 116 Å². The minimum Gasteiger partial charge on any atom is -0.464 e. The van der Waals surface area contributed by atoms with Gasteiger partial charge in [-0.15, -0.1) is 0 Å². The molecule has 1 atom stereocenters. The smallest absolute Gasteiger partial charge is 0.305 e. The molecule has 0 aliphatic rings. The van der Waals surface area contributed by atoms with E-state index in [9.17, 15) is 4.79 Å². The van der Waals surface area contributed by atoms with Gasteiger partial charge in [0.2, 0.25) is 0 Å². The van der Waals surface area contributed by atoms with Crippen LogP contribution in [-0.2, 0) is 9.53 Å². The maximum atomic E-state index is 11.6. The van der Waals surface area contributed by atoms with Crippen LogP contribution < -0.4 is 5.73 Å². The summed E-state index contributed by atoms with van der Waals surface area (Å²) in [6.07, 6.45) is 17.3. The quantitative estimate of drug-likeness (QED) is 0.251. The fourth-order valence-electron chi connectivity index (χ4n) is 2.95. The van der Waals surface area contributed by atoms with Crippen molar-refractivity contribution >= 4 is 5.97 Å². The molecule has 4 nitrogen and oxygen atoms in total. The van der Waals surface area contributed by atoms with E-state index in [4.69, 9.17) is 15.6 Å². The standard InChI is InChI=1S/C22H45NO3/c1-20(2)16-14-12-10-8-6-4-5-7-9-11-13-15-17-21(25)26-19-22(3,23)18-24/h20,24H,4-19,23H2,1-3H3. The predicted molar refractivity (Wildman–Crippen MR) is 110 cm³/mol. The lowest BCUT2D eigenvalue weighted by atomic mass is 10.0. The van der Waals surface area contributed by atoms with Gasteiger partial charge in [-0.3, -0.25) is 4.79 Å². The molecule has 0 aliphatic heterocycles. The molecule has 26 heavy (non-hydrogen) atoms. The van der Waals surface area contributed by atoms with Crippen molar-refractivity contribution in [3.63, 3.8) is 0 Å². The highest BCUT2D eigenvalue weighted by molar-refractivity contribution is 5.69. The first kappa shape index (κ1) is 25.4. The molecule has 0 heterocycles. The summed E-state index contributed by atoms with van der Waals surface area (Å²) in [4.78, 5) is 11.6. The number of aliphatic hydroxyl groups is 1. The van der Waals surface area contributed by atoms with Crippen molar-refractivity contribution in [1.82, 2.24) is 0 Å². The van der Waals surface area contributed by atoms with Gasteiger partial charge in [0, 0.05) is 6.42 Å². The van der Waals surface area contributed by atoms with Crippen LogP contribution in [-0.4, -0.2) is 29.8 Å². The fraction of sp³-hybridized carbons (Fsp3) is 0.955. The Morgan fingerprint density at radius 3 is 1.73 bits per heavy atom. The second-order valence-electron chi connectivity index (χ2n) is 8.65. The van der Waals surface area contributed by atoms with Gasteiger partial charge in [0.1, 0.15) is 6.61 Å². The zero-order chi connectivity index (χ0) is 19.7. The third kappa shape index (κ3) is 18.2. The van der Waals surface area contributed by atoms with Crippen LogP contribution in [0.4, 0.5) is 0 Å². The van der Waals surface area contributed by atoms with E-state index in [1.54, 1.807) is 6.92 Å². The molecular formula is C22H45NO3. The zero-order valence-electron chi connectivity index (χ0n) is 17.7. The first-order valence-electron chi connectivity index (χ1n) is 10.9. The van der Waals surface area contributed by atoms with E-state index in [2.05, 4.69) is 13.8 Å². The molecule has 0 saturated heterocycles. The largest absolute Gasteiger partial charge is 0.464 e. The molecule has 0 aliphatic carbocycles. The van der Waals surface area contributed by atoms with Gasteiger partial charge in [0.25, 0.3) is 0 Å². The van der Waals surface area contributed by atoms with Crippen molar-refractivity contribution < 1.29 is 14.6 Å². The van der Waals surface area contributed by atoms with Gasteiger partial charge in [0.15, 0.2) is 0 Å². The van der Waals surface area contributed by atoms with E-state index in [0.717, 1.165) is 18.8 Å². The Labute approximate surface area is 162 Å². The van der Waals surface area contributed by atoms with Gasteiger partial charge in [-0.25, -0.2) is 0 Å². The number of rotatable bonds is 18. The van der Waals surface area contributed by atoms with Crippen molar-refractivity contribution in [2.24, 2.45) is 11.7 Å². The van der Waals surface area contributed by atoms with Gasteiger partial charge < -0.3 is 15.6 Å². The molecule has 0 spiro atoms. The van der Waals surface area contributed by atoms with Crippen molar-refractivity contribution in [3.8, 4) is 0 Å². The first-order valence-corrected chi connectivity index (χ1v) is 10.9. The lowest BCUT2D eigenvalue weighted by Crippen LogP contribution is -2.45. The van der Waals surface area contributed by atoms with Crippen LogP contribution in [0.25, 0.3) is 0 Å². The Hall–Kier alpha value is -0.610. The predicted octanol–water partition coefficient (Wildman–Crippen LogP) is 5.36. The number of esters is 1. The molecular weight excluding hydrogens is 326 g/mol. The number of carbonyl (C=O) groups is 1. The summed E-state index contributed by atoms with van der Waals surface area (Å²) in [7, 11) is 0. The summed E-state index contributed by atoms with van der Waals surface area (Å²) in [6.45, 7) is 6.19. The van der Waals surface area contributed by atoms with Gasteiger partial charge in [-0.2, -0.15) is 0 Å². The van der Waals surface area contributed by atoms with Crippen LogP contribution in [0.2, 0.25) is 0 Å². The minimum absolute atomic E-state index is 0.0834. The Morgan fingerprint density at radius 1 is 0.885 bits per heavy atom. The normalized spacial score (nSPS) is 13.8.